The number of nitrogens with one attached hydrogen (secondary N) is 1. The zero-order chi connectivity index (χ0) is 15.7. The van der Waals surface area contributed by atoms with E-state index in [1.54, 1.807) is 0 Å². The van der Waals surface area contributed by atoms with E-state index in [1.807, 2.05) is 13.8 Å². The van der Waals surface area contributed by atoms with Gasteiger partial charge in [-0.1, -0.05) is 0 Å². The summed E-state index contributed by atoms with van der Waals surface area (Å²) in [6.07, 6.45) is 0.961. The van der Waals surface area contributed by atoms with Crippen molar-refractivity contribution in [3.8, 4) is 0 Å². The van der Waals surface area contributed by atoms with Gasteiger partial charge in [-0.3, -0.25) is 4.79 Å². The normalized spacial score (nSPS) is 12.1. The lowest BCUT2D eigenvalue weighted by molar-refractivity contribution is -0.116. The first-order valence-corrected chi connectivity index (χ1v) is 7.07. The van der Waals surface area contributed by atoms with Gasteiger partial charge in [0.05, 0.1) is 18.4 Å². The zero-order valence-electron chi connectivity index (χ0n) is 12.5. The van der Waals surface area contributed by atoms with E-state index in [4.69, 9.17) is 15.2 Å². The molecule has 0 saturated heterocycles. The number of carbonyl (C=O) groups excluding carboxylic acids is 1. The van der Waals surface area contributed by atoms with Crippen LogP contribution >= 0.6 is 0 Å². The van der Waals surface area contributed by atoms with Crippen molar-refractivity contribution in [2.24, 2.45) is 0 Å². The van der Waals surface area contributed by atoms with Gasteiger partial charge >= 0.3 is 0 Å². The summed E-state index contributed by atoms with van der Waals surface area (Å²) in [7, 11) is 0. The molecule has 0 bridgehead atoms. The van der Waals surface area contributed by atoms with Crippen LogP contribution in [0, 0.1) is 5.82 Å². The Hall–Kier alpha value is -1.66. The average Bonchev–Trinajstić information content (AvgIpc) is 2.45. The van der Waals surface area contributed by atoms with E-state index in [2.05, 4.69) is 5.32 Å². The van der Waals surface area contributed by atoms with Crippen molar-refractivity contribution in [3.63, 3.8) is 0 Å². The molecule has 3 N–H and O–H groups in total. The number of nitrogens with two attached hydrogens (primary N) is 1. The smallest absolute Gasteiger partial charge is 0.224 e. The third kappa shape index (κ3) is 7.06. The van der Waals surface area contributed by atoms with Gasteiger partial charge in [-0.05, 0) is 38.5 Å². The number of benzene rings is 1. The van der Waals surface area contributed by atoms with Crippen LogP contribution in [0.4, 0.5) is 15.8 Å². The number of ether oxygens (including phenoxy) is 2. The van der Waals surface area contributed by atoms with Crippen molar-refractivity contribution < 1.29 is 18.7 Å². The zero-order valence-corrected chi connectivity index (χ0v) is 12.5. The molecule has 1 atom stereocenters. The Bertz CT molecular complexity index is 455. The molecule has 1 aromatic carbocycles. The fourth-order valence-electron chi connectivity index (χ4n) is 1.69. The topological polar surface area (TPSA) is 73.6 Å². The minimum atomic E-state index is -0.496. The molecule has 6 heteroatoms. The van der Waals surface area contributed by atoms with Crippen LogP contribution in [0.1, 0.15) is 26.7 Å². The Kier molecular flexibility index (Phi) is 7.71. The molecule has 0 heterocycles. The molecule has 5 nitrogen and oxygen atoms in total. The highest BCUT2D eigenvalue weighted by Gasteiger charge is 2.06. The van der Waals surface area contributed by atoms with Gasteiger partial charge < -0.3 is 20.5 Å². The summed E-state index contributed by atoms with van der Waals surface area (Å²) in [4.78, 5) is 11.7. The highest BCUT2D eigenvalue weighted by Crippen LogP contribution is 2.16. The second kappa shape index (κ2) is 9.31. The van der Waals surface area contributed by atoms with E-state index in [0.29, 0.717) is 38.3 Å². The van der Waals surface area contributed by atoms with Crippen LogP contribution in [0.25, 0.3) is 0 Å². The summed E-state index contributed by atoms with van der Waals surface area (Å²) < 4.78 is 23.7. The van der Waals surface area contributed by atoms with Crippen LogP contribution in [-0.2, 0) is 14.3 Å². The van der Waals surface area contributed by atoms with Gasteiger partial charge in [0.2, 0.25) is 5.91 Å². The Labute approximate surface area is 124 Å². The first-order chi connectivity index (χ1) is 10.0. The van der Waals surface area contributed by atoms with Crippen molar-refractivity contribution in [2.45, 2.75) is 32.8 Å². The molecule has 21 heavy (non-hydrogen) atoms. The third-order valence-corrected chi connectivity index (χ3v) is 2.79. The van der Waals surface area contributed by atoms with E-state index < -0.39 is 5.82 Å². The van der Waals surface area contributed by atoms with E-state index in [0.717, 1.165) is 0 Å². The van der Waals surface area contributed by atoms with Crippen molar-refractivity contribution in [3.05, 3.63) is 24.0 Å². The van der Waals surface area contributed by atoms with Crippen LogP contribution in [-0.4, -0.2) is 31.8 Å². The first kappa shape index (κ1) is 17.4. The van der Waals surface area contributed by atoms with Gasteiger partial charge in [-0.2, -0.15) is 0 Å². The molecular formula is C15H23FN2O3. The first-order valence-electron chi connectivity index (χ1n) is 7.07. The molecule has 1 rings (SSSR count). The quantitative estimate of drug-likeness (QED) is 0.543. The lowest BCUT2D eigenvalue weighted by Crippen LogP contribution is -2.18. The van der Waals surface area contributed by atoms with E-state index >= 15 is 0 Å². The number of rotatable bonds is 9. The number of nitrogen functional groups attached to an aromatic ring is 1. The van der Waals surface area contributed by atoms with Gasteiger partial charge in [0, 0.05) is 25.3 Å². The van der Waals surface area contributed by atoms with Crippen LogP contribution < -0.4 is 11.1 Å². The Morgan fingerprint density at radius 1 is 1.48 bits per heavy atom. The number of hydrogen-bond donors (Lipinski definition) is 2. The maximum Gasteiger partial charge on any atom is 0.224 e. The lowest BCUT2D eigenvalue weighted by atomic mass is 10.2. The Morgan fingerprint density at radius 3 is 2.90 bits per heavy atom. The van der Waals surface area contributed by atoms with E-state index in [-0.39, 0.29) is 17.7 Å². The molecular weight excluding hydrogens is 275 g/mol. The maximum absolute atomic E-state index is 13.0. The fraction of sp³-hybridized carbons (Fsp3) is 0.533. The molecule has 1 amide bonds. The molecule has 0 aliphatic heterocycles. The van der Waals surface area contributed by atoms with Crippen molar-refractivity contribution >= 4 is 17.3 Å². The summed E-state index contributed by atoms with van der Waals surface area (Å²) in [5.74, 6) is -0.647. The van der Waals surface area contributed by atoms with E-state index in [9.17, 15) is 9.18 Å². The van der Waals surface area contributed by atoms with Crippen LogP contribution in [0.2, 0.25) is 0 Å². The number of halogens is 1. The summed E-state index contributed by atoms with van der Waals surface area (Å²) in [6, 6.07) is 4.10. The molecule has 0 aromatic heterocycles. The SMILES string of the molecule is CCOCC(C)OCCCC(=O)Nc1ccc(F)c(N)c1. The molecule has 0 aliphatic carbocycles. The standard InChI is InChI=1S/C15H23FN2O3/c1-3-20-10-11(2)21-8-4-5-15(19)18-12-6-7-13(16)14(17)9-12/h6-7,9,11H,3-5,8,10,17H2,1-2H3,(H,18,19). The van der Waals surface area contributed by atoms with Gasteiger partial charge in [0.15, 0.2) is 0 Å². The van der Waals surface area contributed by atoms with Crippen LogP contribution in [0.3, 0.4) is 0 Å². The Balaban J connectivity index is 2.20. The van der Waals surface area contributed by atoms with Crippen molar-refractivity contribution in [1.82, 2.24) is 0 Å². The van der Waals surface area contributed by atoms with Gasteiger partial charge in [0.1, 0.15) is 5.82 Å². The van der Waals surface area contributed by atoms with E-state index in [1.165, 1.54) is 18.2 Å². The number of carbonyl (C=O) groups is 1. The summed E-state index contributed by atoms with van der Waals surface area (Å²) in [5.41, 5.74) is 5.94. The minimum absolute atomic E-state index is 0.0147. The molecule has 0 spiro atoms. The summed E-state index contributed by atoms with van der Waals surface area (Å²) in [5, 5.41) is 2.67. The minimum Gasteiger partial charge on any atom is -0.396 e. The lowest BCUT2D eigenvalue weighted by Gasteiger charge is -2.12. The fourth-order valence-corrected chi connectivity index (χ4v) is 1.69. The van der Waals surface area contributed by atoms with Crippen molar-refractivity contribution in [1.29, 1.82) is 0 Å². The third-order valence-electron chi connectivity index (χ3n) is 2.79. The molecule has 0 saturated carbocycles. The van der Waals surface area contributed by atoms with Crippen LogP contribution in [0.5, 0.6) is 0 Å². The average molecular weight is 298 g/mol. The second-order valence-electron chi connectivity index (χ2n) is 4.73. The molecule has 0 radical (unpaired) electrons. The largest absolute Gasteiger partial charge is 0.396 e. The highest BCUT2D eigenvalue weighted by molar-refractivity contribution is 5.91. The van der Waals surface area contributed by atoms with Gasteiger partial charge in [-0.25, -0.2) is 4.39 Å². The second-order valence-corrected chi connectivity index (χ2v) is 4.73. The molecule has 118 valence electrons. The predicted octanol–water partition coefficient (Wildman–Crippen LogP) is 2.57. The van der Waals surface area contributed by atoms with Gasteiger partial charge in [0.25, 0.3) is 0 Å². The summed E-state index contributed by atoms with van der Waals surface area (Å²) >= 11 is 0. The highest BCUT2D eigenvalue weighted by atomic mass is 19.1. The number of anilines is 2. The maximum atomic E-state index is 13.0. The Morgan fingerprint density at radius 2 is 2.24 bits per heavy atom. The molecule has 1 unspecified atom stereocenters. The number of amides is 1. The van der Waals surface area contributed by atoms with Crippen molar-refractivity contribution in [2.75, 3.05) is 30.9 Å². The molecule has 1 aromatic rings. The summed E-state index contributed by atoms with van der Waals surface area (Å²) in [6.45, 7) is 5.57. The monoisotopic (exact) mass is 298 g/mol. The van der Waals surface area contributed by atoms with Crippen LogP contribution in [0.15, 0.2) is 18.2 Å². The molecule has 0 aliphatic rings. The molecule has 0 fully saturated rings. The predicted molar refractivity (Wildman–Crippen MR) is 80.6 cm³/mol. The number of hydrogen-bond acceptors (Lipinski definition) is 4. The van der Waals surface area contributed by atoms with Gasteiger partial charge in [-0.15, -0.1) is 0 Å².